The van der Waals surface area contributed by atoms with E-state index in [0.717, 1.165) is 22.2 Å². The Morgan fingerprint density at radius 3 is 3.17 bits per heavy atom. The van der Waals surface area contributed by atoms with Gasteiger partial charge in [-0.25, -0.2) is 4.98 Å². The highest BCUT2D eigenvalue weighted by Gasteiger charge is 2.11. The van der Waals surface area contributed by atoms with Crippen molar-refractivity contribution in [3.8, 4) is 10.8 Å². The topological polar surface area (TPSA) is 63.3 Å². The van der Waals surface area contributed by atoms with Gasteiger partial charge >= 0.3 is 5.97 Å². The van der Waals surface area contributed by atoms with Crippen molar-refractivity contribution < 1.29 is 14.3 Å². The molecule has 1 atom stereocenters. The van der Waals surface area contributed by atoms with Crippen LogP contribution in [0.1, 0.15) is 12.6 Å². The van der Waals surface area contributed by atoms with Gasteiger partial charge in [-0.1, -0.05) is 6.92 Å². The van der Waals surface area contributed by atoms with Gasteiger partial charge in [0, 0.05) is 16.9 Å². The molecule has 0 spiro atoms. The highest BCUT2D eigenvalue weighted by atomic mass is 32.2. The van der Waals surface area contributed by atoms with Gasteiger partial charge in [-0.05, 0) is 12.1 Å². The molecule has 0 aliphatic heterocycles. The third-order valence-electron chi connectivity index (χ3n) is 2.32. The average Bonchev–Trinajstić information content (AvgIpc) is 2.98. The summed E-state index contributed by atoms with van der Waals surface area (Å²) in [5.74, 6) is 1.03. The number of nitrogens with zero attached hydrogens (tertiary/aromatic N) is 1. The monoisotopic (exact) mass is 283 g/mol. The summed E-state index contributed by atoms with van der Waals surface area (Å²) >= 11 is 3.12. The molecule has 0 bridgehead atoms. The van der Waals surface area contributed by atoms with E-state index in [1.54, 1.807) is 24.9 Å². The summed E-state index contributed by atoms with van der Waals surface area (Å²) in [7, 11) is 0. The number of hydrogen-bond donors (Lipinski definition) is 1. The third-order valence-corrected chi connectivity index (χ3v) is 4.46. The van der Waals surface area contributed by atoms with E-state index in [0.29, 0.717) is 5.75 Å². The highest BCUT2D eigenvalue weighted by molar-refractivity contribution is 7.98. The maximum atomic E-state index is 10.7. The highest BCUT2D eigenvalue weighted by Crippen LogP contribution is 2.26. The van der Waals surface area contributed by atoms with Gasteiger partial charge < -0.3 is 9.52 Å². The summed E-state index contributed by atoms with van der Waals surface area (Å²) in [5, 5.41) is 11.6. The second-order valence-electron chi connectivity index (χ2n) is 3.88. The van der Waals surface area contributed by atoms with Crippen LogP contribution >= 0.6 is 23.1 Å². The Morgan fingerprint density at radius 2 is 2.50 bits per heavy atom. The van der Waals surface area contributed by atoms with Crippen molar-refractivity contribution in [1.29, 1.82) is 0 Å². The molecule has 6 heteroatoms. The van der Waals surface area contributed by atoms with E-state index in [2.05, 4.69) is 4.98 Å². The number of rotatable bonds is 6. The van der Waals surface area contributed by atoms with Gasteiger partial charge in [0.1, 0.15) is 0 Å². The number of carboxylic acid groups (broad SMARTS) is 1. The SMILES string of the molecule is CC(CSCc1csc(-c2ccco2)n1)C(=O)O. The van der Waals surface area contributed by atoms with Gasteiger partial charge in [0.15, 0.2) is 10.8 Å². The molecule has 1 unspecified atom stereocenters. The number of aromatic nitrogens is 1. The number of aliphatic carboxylic acids is 1. The van der Waals surface area contributed by atoms with Crippen LogP contribution in [0.5, 0.6) is 0 Å². The molecule has 18 heavy (non-hydrogen) atoms. The summed E-state index contributed by atoms with van der Waals surface area (Å²) in [4.78, 5) is 15.1. The lowest BCUT2D eigenvalue weighted by Gasteiger charge is -2.03. The minimum Gasteiger partial charge on any atom is -0.481 e. The van der Waals surface area contributed by atoms with Gasteiger partial charge in [-0.15, -0.1) is 11.3 Å². The number of carbonyl (C=O) groups is 1. The first-order valence-electron chi connectivity index (χ1n) is 5.45. The Kier molecular flexibility index (Phi) is 4.43. The van der Waals surface area contributed by atoms with Crippen molar-refractivity contribution in [3.05, 3.63) is 29.5 Å². The summed E-state index contributed by atoms with van der Waals surface area (Å²) in [6.07, 6.45) is 1.62. The Bertz CT molecular complexity index is 507. The standard InChI is InChI=1S/C12H13NO3S2/c1-8(12(14)15)5-17-6-9-7-18-11(13-9)10-3-2-4-16-10/h2-4,7-8H,5-6H2,1H3,(H,14,15). The quantitative estimate of drug-likeness (QED) is 0.880. The minimum atomic E-state index is -0.753. The molecule has 0 saturated heterocycles. The maximum absolute atomic E-state index is 10.7. The summed E-state index contributed by atoms with van der Waals surface area (Å²) in [6, 6.07) is 3.71. The van der Waals surface area contributed by atoms with Crippen LogP contribution in [-0.2, 0) is 10.5 Å². The molecule has 0 radical (unpaired) electrons. The molecule has 0 saturated carbocycles. The molecule has 2 rings (SSSR count). The van der Waals surface area contributed by atoms with E-state index in [1.807, 2.05) is 17.5 Å². The molecule has 2 aromatic heterocycles. The van der Waals surface area contributed by atoms with Crippen LogP contribution in [0.2, 0.25) is 0 Å². The van der Waals surface area contributed by atoms with Crippen molar-refractivity contribution in [2.24, 2.45) is 5.92 Å². The molecule has 2 heterocycles. The first kappa shape index (κ1) is 13.2. The summed E-state index contributed by atoms with van der Waals surface area (Å²) < 4.78 is 5.27. The number of thiazole rings is 1. The Balaban J connectivity index is 1.86. The Labute approximate surface area is 113 Å². The van der Waals surface area contributed by atoms with Crippen molar-refractivity contribution in [1.82, 2.24) is 4.98 Å². The van der Waals surface area contributed by atoms with E-state index >= 15 is 0 Å². The molecule has 2 aromatic rings. The minimum absolute atomic E-state index is 0.321. The predicted octanol–water partition coefficient (Wildman–Crippen LogP) is 3.36. The van der Waals surface area contributed by atoms with Crippen molar-refractivity contribution >= 4 is 29.1 Å². The van der Waals surface area contributed by atoms with Crippen LogP contribution in [0.4, 0.5) is 0 Å². The van der Waals surface area contributed by atoms with Gasteiger partial charge in [-0.3, -0.25) is 4.79 Å². The largest absolute Gasteiger partial charge is 0.481 e. The molecular weight excluding hydrogens is 270 g/mol. The summed E-state index contributed by atoms with van der Waals surface area (Å²) in [5.41, 5.74) is 0.967. The van der Waals surface area contributed by atoms with Crippen LogP contribution in [-0.4, -0.2) is 21.8 Å². The van der Waals surface area contributed by atoms with E-state index in [-0.39, 0.29) is 5.92 Å². The van der Waals surface area contributed by atoms with E-state index in [4.69, 9.17) is 9.52 Å². The molecule has 0 aliphatic rings. The van der Waals surface area contributed by atoms with Gasteiger partial charge in [0.05, 0.1) is 17.9 Å². The second-order valence-corrected chi connectivity index (χ2v) is 5.76. The van der Waals surface area contributed by atoms with Gasteiger partial charge in [-0.2, -0.15) is 11.8 Å². The number of hydrogen-bond acceptors (Lipinski definition) is 5. The fourth-order valence-electron chi connectivity index (χ4n) is 1.30. The molecule has 0 aromatic carbocycles. The zero-order valence-corrected chi connectivity index (χ0v) is 11.5. The van der Waals surface area contributed by atoms with Gasteiger partial charge in [0.2, 0.25) is 0 Å². The fraction of sp³-hybridized carbons (Fsp3) is 0.333. The molecule has 0 amide bonds. The Hall–Kier alpha value is -1.27. The number of furan rings is 1. The first-order chi connectivity index (χ1) is 8.66. The molecule has 0 aliphatic carbocycles. The van der Waals surface area contributed by atoms with Crippen LogP contribution in [0.25, 0.3) is 10.8 Å². The number of thioether (sulfide) groups is 1. The molecule has 0 fully saturated rings. The third kappa shape index (κ3) is 3.36. The zero-order valence-electron chi connectivity index (χ0n) is 9.83. The molecular formula is C12H13NO3S2. The predicted molar refractivity (Wildman–Crippen MR) is 72.8 cm³/mol. The molecule has 1 N–H and O–H groups in total. The summed E-state index contributed by atoms with van der Waals surface area (Å²) in [6.45, 7) is 1.71. The van der Waals surface area contributed by atoms with Crippen LogP contribution in [0, 0.1) is 5.92 Å². The number of carboxylic acids is 1. The van der Waals surface area contributed by atoms with Gasteiger partial charge in [0.25, 0.3) is 0 Å². The van der Waals surface area contributed by atoms with E-state index in [9.17, 15) is 4.79 Å². The van der Waals surface area contributed by atoms with Crippen LogP contribution < -0.4 is 0 Å². The Morgan fingerprint density at radius 1 is 1.67 bits per heavy atom. The average molecular weight is 283 g/mol. The lowest BCUT2D eigenvalue weighted by atomic mass is 10.2. The lowest BCUT2D eigenvalue weighted by Crippen LogP contribution is -2.11. The molecule has 96 valence electrons. The maximum Gasteiger partial charge on any atom is 0.307 e. The normalized spacial score (nSPS) is 12.5. The molecule has 4 nitrogen and oxygen atoms in total. The smallest absolute Gasteiger partial charge is 0.307 e. The van der Waals surface area contributed by atoms with Crippen molar-refractivity contribution in [2.75, 3.05) is 5.75 Å². The van der Waals surface area contributed by atoms with Crippen LogP contribution in [0.3, 0.4) is 0 Å². The second kappa shape index (κ2) is 6.06. The fourth-order valence-corrected chi connectivity index (χ4v) is 3.16. The van der Waals surface area contributed by atoms with Crippen LogP contribution in [0.15, 0.2) is 28.2 Å². The zero-order chi connectivity index (χ0) is 13.0. The van der Waals surface area contributed by atoms with E-state index in [1.165, 1.54) is 11.3 Å². The lowest BCUT2D eigenvalue weighted by molar-refractivity contribution is -0.140. The first-order valence-corrected chi connectivity index (χ1v) is 7.49. The van der Waals surface area contributed by atoms with Crippen molar-refractivity contribution in [3.63, 3.8) is 0 Å². The van der Waals surface area contributed by atoms with E-state index < -0.39 is 5.97 Å². The van der Waals surface area contributed by atoms with Crippen molar-refractivity contribution in [2.45, 2.75) is 12.7 Å².